The van der Waals surface area contributed by atoms with E-state index in [1.165, 1.54) is 57.8 Å². The second-order valence-corrected chi connectivity index (χ2v) is 9.19. The Kier molecular flexibility index (Phi) is 2.93. The number of fused-ring (bicyclic) bond motifs is 5. The summed E-state index contributed by atoms with van der Waals surface area (Å²) in [5.74, 6) is 4.03. The summed E-state index contributed by atoms with van der Waals surface area (Å²) in [6.45, 7) is 7.71. The first kappa shape index (κ1) is 13.4. The fourth-order valence-electron chi connectivity index (χ4n) is 6.84. The lowest BCUT2D eigenvalue weighted by atomic mass is 9.48. The molecule has 112 valence electrons. The lowest BCUT2D eigenvalue weighted by Crippen LogP contribution is -2.48. The fraction of sp³-hybridized carbons (Fsp3) is 0.900. The van der Waals surface area contributed by atoms with Crippen molar-refractivity contribution >= 4 is 0 Å². The Bertz CT molecular complexity index is 433. The fourth-order valence-corrected chi connectivity index (χ4v) is 6.84. The van der Waals surface area contributed by atoms with Crippen LogP contribution in [-0.2, 0) is 0 Å². The van der Waals surface area contributed by atoms with Gasteiger partial charge in [-0.25, -0.2) is 0 Å². The predicted molar refractivity (Wildman–Crippen MR) is 85.5 cm³/mol. The Hall–Kier alpha value is -0.260. The molecule has 20 heavy (non-hydrogen) atoms. The molecular weight excluding hydrogens is 240 g/mol. The van der Waals surface area contributed by atoms with Gasteiger partial charge in [0, 0.05) is 0 Å². The molecule has 0 bridgehead atoms. The van der Waals surface area contributed by atoms with Crippen molar-refractivity contribution in [3.05, 3.63) is 11.6 Å². The largest absolute Gasteiger partial charge is 0.0845 e. The number of allylic oxidation sites excluding steroid dienone is 2. The molecule has 0 amide bonds. The molecule has 0 heterocycles. The van der Waals surface area contributed by atoms with Crippen LogP contribution >= 0.6 is 0 Å². The number of hydrogen-bond donors (Lipinski definition) is 0. The van der Waals surface area contributed by atoms with Crippen LogP contribution in [0, 0.1) is 34.5 Å². The van der Waals surface area contributed by atoms with Gasteiger partial charge in [-0.05, 0) is 85.9 Å². The normalized spacial score (nSPS) is 54.6. The van der Waals surface area contributed by atoms with Gasteiger partial charge < -0.3 is 0 Å². The van der Waals surface area contributed by atoms with Gasteiger partial charge in [-0.3, -0.25) is 0 Å². The van der Waals surface area contributed by atoms with Gasteiger partial charge in [0.05, 0.1) is 0 Å². The van der Waals surface area contributed by atoms with Crippen molar-refractivity contribution in [2.75, 3.05) is 0 Å². The SMILES string of the molecule is C[C@H]1CC[C@@]2(C)C(=CC[C@H]3[C@@H]4CCC[C@@]4(C)CC[C@@H]32)C1. The third-order valence-corrected chi connectivity index (χ3v) is 8.13. The molecular formula is C20H32. The molecule has 0 aliphatic heterocycles. The summed E-state index contributed by atoms with van der Waals surface area (Å²) >= 11 is 0. The minimum atomic E-state index is 0.583. The quantitative estimate of drug-likeness (QED) is 0.476. The smallest absolute Gasteiger partial charge is 0.00851 e. The van der Waals surface area contributed by atoms with Gasteiger partial charge in [-0.15, -0.1) is 0 Å². The van der Waals surface area contributed by atoms with Gasteiger partial charge in [0.2, 0.25) is 0 Å². The van der Waals surface area contributed by atoms with Gasteiger partial charge in [0.25, 0.3) is 0 Å². The van der Waals surface area contributed by atoms with Crippen LogP contribution in [-0.4, -0.2) is 0 Å². The van der Waals surface area contributed by atoms with Crippen molar-refractivity contribution in [2.24, 2.45) is 34.5 Å². The molecule has 0 saturated heterocycles. The maximum atomic E-state index is 2.71. The maximum Gasteiger partial charge on any atom is -0.00851 e. The molecule has 0 aromatic rings. The van der Waals surface area contributed by atoms with Crippen molar-refractivity contribution < 1.29 is 0 Å². The zero-order valence-electron chi connectivity index (χ0n) is 13.8. The second-order valence-electron chi connectivity index (χ2n) is 9.19. The van der Waals surface area contributed by atoms with E-state index in [4.69, 9.17) is 0 Å². The molecule has 0 heteroatoms. The van der Waals surface area contributed by atoms with E-state index in [0.717, 1.165) is 23.7 Å². The van der Waals surface area contributed by atoms with Gasteiger partial charge in [0.1, 0.15) is 0 Å². The van der Waals surface area contributed by atoms with Crippen molar-refractivity contribution in [3.8, 4) is 0 Å². The van der Waals surface area contributed by atoms with Crippen LogP contribution < -0.4 is 0 Å². The first-order valence-electron chi connectivity index (χ1n) is 9.22. The van der Waals surface area contributed by atoms with E-state index < -0.39 is 0 Å². The molecule has 4 aliphatic rings. The molecule has 0 spiro atoms. The Morgan fingerprint density at radius 2 is 1.85 bits per heavy atom. The van der Waals surface area contributed by atoms with Crippen molar-refractivity contribution in [1.82, 2.24) is 0 Å². The highest BCUT2D eigenvalue weighted by Gasteiger charge is 2.55. The number of rotatable bonds is 0. The molecule has 3 fully saturated rings. The summed E-state index contributed by atoms with van der Waals surface area (Å²) in [5.41, 5.74) is 3.16. The monoisotopic (exact) mass is 272 g/mol. The summed E-state index contributed by atoms with van der Waals surface area (Å²) in [4.78, 5) is 0. The van der Waals surface area contributed by atoms with Crippen LogP contribution in [0.4, 0.5) is 0 Å². The van der Waals surface area contributed by atoms with E-state index in [-0.39, 0.29) is 0 Å². The molecule has 4 rings (SSSR count). The standard InChI is InChI=1S/C20H32/c1-14-8-12-20(3)15(13-14)6-7-16-17-5-4-10-19(17,2)11-9-18(16)20/h6,14,16-18H,4-5,7-13H2,1-3H3/t14-,16-,17-,18-,19-,20-/m0/s1. The van der Waals surface area contributed by atoms with Crippen LogP contribution in [0.1, 0.15) is 78.6 Å². The minimum absolute atomic E-state index is 0.583. The molecule has 0 aromatic heterocycles. The lowest BCUT2D eigenvalue weighted by molar-refractivity contribution is -0.0281. The second kappa shape index (κ2) is 4.37. The van der Waals surface area contributed by atoms with Crippen LogP contribution in [0.15, 0.2) is 11.6 Å². The highest BCUT2D eigenvalue weighted by molar-refractivity contribution is 5.24. The van der Waals surface area contributed by atoms with E-state index in [0.29, 0.717) is 10.8 Å². The third-order valence-electron chi connectivity index (χ3n) is 8.13. The average Bonchev–Trinajstić information content (AvgIpc) is 2.81. The summed E-state index contributed by atoms with van der Waals surface area (Å²) < 4.78 is 0. The van der Waals surface area contributed by atoms with E-state index in [1.807, 2.05) is 5.57 Å². The third kappa shape index (κ3) is 1.72. The Labute approximate surface area is 125 Å². The zero-order chi connectivity index (χ0) is 14.0. The Morgan fingerprint density at radius 3 is 2.70 bits per heavy atom. The van der Waals surface area contributed by atoms with Gasteiger partial charge in [-0.2, -0.15) is 0 Å². The minimum Gasteiger partial charge on any atom is -0.0845 e. The van der Waals surface area contributed by atoms with Crippen LogP contribution in [0.2, 0.25) is 0 Å². The maximum absolute atomic E-state index is 2.71. The van der Waals surface area contributed by atoms with Gasteiger partial charge in [-0.1, -0.05) is 38.8 Å². The Morgan fingerprint density at radius 1 is 1.00 bits per heavy atom. The predicted octanol–water partition coefficient (Wildman–Crippen LogP) is 5.98. The van der Waals surface area contributed by atoms with Crippen molar-refractivity contribution in [3.63, 3.8) is 0 Å². The summed E-state index contributed by atoms with van der Waals surface area (Å²) in [7, 11) is 0. The molecule has 0 aromatic carbocycles. The van der Waals surface area contributed by atoms with E-state index in [9.17, 15) is 0 Å². The topological polar surface area (TPSA) is 0 Å². The van der Waals surface area contributed by atoms with Crippen LogP contribution in [0.3, 0.4) is 0 Å². The lowest BCUT2D eigenvalue weighted by Gasteiger charge is -2.57. The Balaban J connectivity index is 1.68. The van der Waals surface area contributed by atoms with E-state index in [1.54, 1.807) is 0 Å². The van der Waals surface area contributed by atoms with Crippen molar-refractivity contribution in [1.29, 1.82) is 0 Å². The molecule has 4 aliphatic carbocycles. The first-order valence-corrected chi connectivity index (χ1v) is 9.22. The number of hydrogen-bond acceptors (Lipinski definition) is 0. The van der Waals surface area contributed by atoms with Crippen LogP contribution in [0.5, 0.6) is 0 Å². The zero-order valence-corrected chi connectivity index (χ0v) is 13.8. The highest BCUT2D eigenvalue weighted by atomic mass is 14.6. The summed E-state index contributed by atoms with van der Waals surface area (Å²) in [6, 6.07) is 0. The average molecular weight is 272 g/mol. The molecule has 3 saturated carbocycles. The van der Waals surface area contributed by atoms with Crippen LogP contribution in [0.25, 0.3) is 0 Å². The first-order chi connectivity index (χ1) is 9.53. The summed E-state index contributed by atoms with van der Waals surface area (Å²) in [5, 5.41) is 0. The molecule has 6 atom stereocenters. The molecule has 0 radical (unpaired) electrons. The van der Waals surface area contributed by atoms with Gasteiger partial charge in [0.15, 0.2) is 0 Å². The molecule has 0 nitrogen and oxygen atoms in total. The molecule has 0 unspecified atom stereocenters. The summed E-state index contributed by atoms with van der Waals surface area (Å²) in [6.07, 6.45) is 16.1. The van der Waals surface area contributed by atoms with E-state index >= 15 is 0 Å². The van der Waals surface area contributed by atoms with E-state index in [2.05, 4.69) is 26.8 Å². The van der Waals surface area contributed by atoms with Crippen molar-refractivity contribution in [2.45, 2.75) is 78.6 Å². The molecule has 0 N–H and O–H groups in total. The van der Waals surface area contributed by atoms with Gasteiger partial charge >= 0.3 is 0 Å². The highest BCUT2D eigenvalue weighted by Crippen LogP contribution is 2.65.